The number of nitrogens with one attached hydrogen (secondary N) is 1. The molecule has 2 amide bonds. The predicted octanol–water partition coefficient (Wildman–Crippen LogP) is 3.44. The van der Waals surface area contributed by atoms with Crippen molar-refractivity contribution in [3.8, 4) is 0 Å². The number of halogens is 5. The Bertz CT molecular complexity index is 650. The molecule has 0 aliphatic carbocycles. The van der Waals surface area contributed by atoms with Crippen molar-refractivity contribution in [1.82, 2.24) is 10.2 Å². The summed E-state index contributed by atoms with van der Waals surface area (Å²) in [6.07, 6.45) is -4.29. The molecule has 2 N–H and O–H groups in total. The molecule has 10 heteroatoms. The molecular formula is C15H15Cl2F3N2O3. The lowest BCUT2D eigenvalue weighted by molar-refractivity contribution is -0.187. The Morgan fingerprint density at radius 1 is 1.20 bits per heavy atom. The monoisotopic (exact) mass is 398 g/mol. The third-order valence-electron chi connectivity index (χ3n) is 3.96. The average Bonchev–Trinajstić information content (AvgIpc) is 2.91. The lowest BCUT2D eigenvalue weighted by atomic mass is 9.96. The van der Waals surface area contributed by atoms with E-state index in [1.807, 2.05) is 0 Å². The van der Waals surface area contributed by atoms with Crippen LogP contribution in [0.4, 0.5) is 18.0 Å². The number of amides is 2. The van der Waals surface area contributed by atoms with Gasteiger partial charge in [-0.2, -0.15) is 13.2 Å². The van der Waals surface area contributed by atoms with Gasteiger partial charge in [-0.25, -0.2) is 4.79 Å². The van der Waals surface area contributed by atoms with Gasteiger partial charge in [0.05, 0.1) is 11.8 Å². The lowest BCUT2D eigenvalue weighted by Gasteiger charge is -2.18. The first-order chi connectivity index (χ1) is 11.6. The van der Waals surface area contributed by atoms with Crippen molar-refractivity contribution in [3.63, 3.8) is 0 Å². The molecular weight excluding hydrogens is 384 g/mol. The van der Waals surface area contributed by atoms with Gasteiger partial charge < -0.3 is 15.3 Å². The zero-order valence-electron chi connectivity index (χ0n) is 12.8. The van der Waals surface area contributed by atoms with Crippen molar-refractivity contribution in [2.75, 3.05) is 19.6 Å². The first kappa shape index (κ1) is 19.7. The van der Waals surface area contributed by atoms with E-state index < -0.39 is 43.1 Å². The summed E-state index contributed by atoms with van der Waals surface area (Å²) in [6, 6.07) is 4.15. The fourth-order valence-corrected chi connectivity index (χ4v) is 3.30. The van der Waals surface area contributed by atoms with E-state index in [-0.39, 0.29) is 6.54 Å². The number of carboxylic acids is 1. The summed E-state index contributed by atoms with van der Waals surface area (Å²) in [4.78, 5) is 23.9. The van der Waals surface area contributed by atoms with E-state index in [1.165, 1.54) is 0 Å². The van der Waals surface area contributed by atoms with Gasteiger partial charge in [-0.1, -0.05) is 23.2 Å². The van der Waals surface area contributed by atoms with Crippen LogP contribution in [0, 0.1) is 11.8 Å². The molecule has 1 fully saturated rings. The Kier molecular flexibility index (Phi) is 6.05. The Labute approximate surface area is 151 Å². The van der Waals surface area contributed by atoms with Crippen LogP contribution < -0.4 is 5.32 Å². The number of hydrogen-bond acceptors (Lipinski definition) is 2. The van der Waals surface area contributed by atoms with Gasteiger partial charge in [0.1, 0.15) is 0 Å². The van der Waals surface area contributed by atoms with Crippen molar-refractivity contribution in [2.24, 2.45) is 11.8 Å². The number of rotatable bonds is 4. The fourth-order valence-electron chi connectivity index (χ4n) is 2.73. The molecule has 5 nitrogen and oxygen atoms in total. The molecule has 0 spiro atoms. The van der Waals surface area contributed by atoms with E-state index in [9.17, 15) is 22.8 Å². The highest BCUT2D eigenvalue weighted by Crippen LogP contribution is 2.37. The van der Waals surface area contributed by atoms with Crippen molar-refractivity contribution in [1.29, 1.82) is 0 Å². The van der Waals surface area contributed by atoms with E-state index in [0.717, 1.165) is 10.5 Å². The third-order valence-corrected chi connectivity index (χ3v) is 4.39. The summed E-state index contributed by atoms with van der Waals surface area (Å²) in [5.74, 6) is -5.29. The molecule has 0 radical (unpaired) electrons. The van der Waals surface area contributed by atoms with Crippen molar-refractivity contribution < 1.29 is 27.9 Å². The summed E-state index contributed by atoms with van der Waals surface area (Å²) < 4.78 is 38.7. The zero-order chi connectivity index (χ0) is 18.8. The number of carbonyl (C=O) groups is 2. The third kappa shape index (κ3) is 5.15. The zero-order valence-corrected chi connectivity index (χ0v) is 14.3. The number of benzene rings is 1. The molecule has 1 aliphatic rings. The minimum absolute atomic E-state index is 0.153. The molecule has 1 saturated heterocycles. The normalized spacial score (nSPS) is 20.6. The predicted molar refractivity (Wildman–Crippen MR) is 85.8 cm³/mol. The van der Waals surface area contributed by atoms with Crippen molar-refractivity contribution >= 4 is 35.2 Å². The van der Waals surface area contributed by atoms with Crippen LogP contribution >= 0.6 is 23.2 Å². The first-order valence-electron chi connectivity index (χ1n) is 7.35. The second kappa shape index (κ2) is 7.70. The second-order valence-corrected chi connectivity index (χ2v) is 6.63. The molecule has 0 unspecified atom stereocenters. The van der Waals surface area contributed by atoms with Crippen LogP contribution in [-0.2, 0) is 11.2 Å². The van der Waals surface area contributed by atoms with Crippen molar-refractivity contribution in [3.05, 3.63) is 33.8 Å². The SMILES string of the molecule is O=C(O)[C@@H]1CN(C(=O)NCCc2cc(Cl)cc(Cl)c2)C[C@H]1C(F)(F)F. The molecule has 1 heterocycles. The van der Waals surface area contributed by atoms with Gasteiger partial charge in [0, 0.05) is 29.7 Å². The standard InChI is InChI=1S/C15H15Cl2F3N2O3/c16-9-3-8(4-10(17)5-9)1-2-21-14(25)22-6-11(13(23)24)12(7-22)15(18,19)20/h3-5,11-12H,1-2,6-7H2,(H,21,25)(H,23,24)/t11-,12-/m1/s1. The van der Waals surface area contributed by atoms with E-state index in [2.05, 4.69) is 5.32 Å². The molecule has 0 saturated carbocycles. The van der Waals surface area contributed by atoms with E-state index in [1.54, 1.807) is 18.2 Å². The minimum atomic E-state index is -4.67. The number of carbonyl (C=O) groups excluding carboxylic acids is 1. The van der Waals surface area contributed by atoms with Gasteiger partial charge in [-0.05, 0) is 30.2 Å². The summed E-state index contributed by atoms with van der Waals surface area (Å²) in [7, 11) is 0. The van der Waals surface area contributed by atoms with Gasteiger partial charge in [0.15, 0.2) is 0 Å². The minimum Gasteiger partial charge on any atom is -0.481 e. The molecule has 0 bridgehead atoms. The van der Waals surface area contributed by atoms with E-state index >= 15 is 0 Å². The number of likely N-dealkylation sites (tertiary alicyclic amines) is 1. The largest absolute Gasteiger partial charge is 0.481 e. The molecule has 1 aliphatic heterocycles. The van der Waals surface area contributed by atoms with Gasteiger partial charge in [-0.3, -0.25) is 4.79 Å². The summed E-state index contributed by atoms with van der Waals surface area (Å²) in [5, 5.41) is 12.3. The van der Waals surface area contributed by atoms with Gasteiger partial charge in [0.2, 0.25) is 0 Å². The molecule has 1 aromatic rings. The number of nitrogens with zero attached hydrogens (tertiary/aromatic N) is 1. The summed E-state index contributed by atoms with van der Waals surface area (Å²) >= 11 is 11.7. The Morgan fingerprint density at radius 3 is 2.28 bits per heavy atom. The van der Waals surface area contributed by atoms with Crippen LogP contribution in [0.3, 0.4) is 0 Å². The Hall–Kier alpha value is -1.67. The van der Waals surface area contributed by atoms with Crippen LogP contribution in [0.5, 0.6) is 0 Å². The summed E-state index contributed by atoms with van der Waals surface area (Å²) in [6.45, 7) is -0.996. The highest BCUT2D eigenvalue weighted by molar-refractivity contribution is 6.34. The average molecular weight is 399 g/mol. The lowest BCUT2D eigenvalue weighted by Crippen LogP contribution is -2.40. The smallest absolute Gasteiger partial charge is 0.394 e. The maximum Gasteiger partial charge on any atom is 0.394 e. The maximum absolute atomic E-state index is 12.9. The van der Waals surface area contributed by atoms with Crippen LogP contribution in [0.2, 0.25) is 10.0 Å². The molecule has 2 rings (SSSR count). The van der Waals surface area contributed by atoms with Crippen LogP contribution in [0.1, 0.15) is 5.56 Å². The van der Waals surface area contributed by atoms with Gasteiger partial charge in [-0.15, -0.1) is 0 Å². The Balaban J connectivity index is 1.91. The van der Waals surface area contributed by atoms with Crippen LogP contribution in [0.25, 0.3) is 0 Å². The quantitative estimate of drug-likeness (QED) is 0.815. The molecule has 2 atom stereocenters. The topological polar surface area (TPSA) is 69.6 Å². The highest BCUT2D eigenvalue weighted by atomic mass is 35.5. The van der Waals surface area contributed by atoms with Gasteiger partial charge in [0.25, 0.3) is 0 Å². The van der Waals surface area contributed by atoms with Crippen molar-refractivity contribution in [2.45, 2.75) is 12.6 Å². The van der Waals surface area contributed by atoms with Crippen LogP contribution in [0.15, 0.2) is 18.2 Å². The number of urea groups is 1. The maximum atomic E-state index is 12.9. The van der Waals surface area contributed by atoms with Crippen LogP contribution in [-0.4, -0.2) is 47.8 Å². The number of carboxylic acid groups (broad SMARTS) is 1. The van der Waals surface area contributed by atoms with E-state index in [4.69, 9.17) is 28.3 Å². The number of alkyl halides is 3. The Morgan fingerprint density at radius 2 is 1.80 bits per heavy atom. The van der Waals surface area contributed by atoms with Gasteiger partial charge >= 0.3 is 18.2 Å². The highest BCUT2D eigenvalue weighted by Gasteiger charge is 2.53. The number of hydrogen-bond donors (Lipinski definition) is 2. The molecule has 1 aromatic carbocycles. The van der Waals surface area contributed by atoms with E-state index in [0.29, 0.717) is 16.5 Å². The molecule has 0 aromatic heterocycles. The molecule has 138 valence electrons. The molecule has 25 heavy (non-hydrogen) atoms. The number of aliphatic carboxylic acids is 1. The fraction of sp³-hybridized carbons (Fsp3) is 0.467. The summed E-state index contributed by atoms with van der Waals surface area (Å²) in [5.41, 5.74) is 0.760. The second-order valence-electron chi connectivity index (χ2n) is 5.76. The first-order valence-corrected chi connectivity index (χ1v) is 8.11.